The molecule has 0 saturated heterocycles. The lowest BCUT2D eigenvalue weighted by Crippen LogP contribution is -2.14. The zero-order valence-corrected chi connectivity index (χ0v) is 12.5. The standard InChI is InChI=1S/C16H25NO3/c1-3-5-6-7-8-13-20-16(18)17-14-9-11-15(12-10-14)19-4-2/h9-12H,3-8,13H2,1-2H3,(H,17,18). The number of nitrogens with one attached hydrogen (secondary N) is 1. The first-order chi connectivity index (χ1) is 9.76. The number of anilines is 1. The normalized spacial score (nSPS) is 10.1. The highest BCUT2D eigenvalue weighted by atomic mass is 16.5. The molecule has 0 spiro atoms. The molecule has 4 heteroatoms. The highest BCUT2D eigenvalue weighted by molar-refractivity contribution is 5.84. The van der Waals surface area contributed by atoms with Crippen molar-refractivity contribution in [1.82, 2.24) is 0 Å². The second-order valence-corrected chi connectivity index (χ2v) is 4.63. The van der Waals surface area contributed by atoms with Gasteiger partial charge in [-0.2, -0.15) is 0 Å². The minimum Gasteiger partial charge on any atom is -0.494 e. The van der Waals surface area contributed by atoms with E-state index in [1.807, 2.05) is 19.1 Å². The van der Waals surface area contributed by atoms with Gasteiger partial charge in [-0.1, -0.05) is 32.6 Å². The van der Waals surface area contributed by atoms with Crippen LogP contribution in [0.2, 0.25) is 0 Å². The molecule has 112 valence electrons. The summed E-state index contributed by atoms with van der Waals surface area (Å²) in [5.74, 6) is 0.794. The summed E-state index contributed by atoms with van der Waals surface area (Å²) in [7, 11) is 0. The fourth-order valence-electron chi connectivity index (χ4n) is 1.83. The quantitative estimate of drug-likeness (QED) is 0.672. The molecule has 0 atom stereocenters. The van der Waals surface area contributed by atoms with Gasteiger partial charge in [0.2, 0.25) is 0 Å². The van der Waals surface area contributed by atoms with Gasteiger partial charge in [0.1, 0.15) is 5.75 Å². The number of hydrogen-bond donors (Lipinski definition) is 1. The Balaban J connectivity index is 2.18. The van der Waals surface area contributed by atoms with Crippen molar-refractivity contribution in [1.29, 1.82) is 0 Å². The van der Waals surface area contributed by atoms with Gasteiger partial charge in [0.05, 0.1) is 13.2 Å². The third kappa shape index (κ3) is 7.02. The third-order valence-electron chi connectivity index (χ3n) is 2.89. The first-order valence-corrected chi connectivity index (χ1v) is 7.43. The molecular weight excluding hydrogens is 254 g/mol. The van der Waals surface area contributed by atoms with Crippen molar-refractivity contribution in [3.05, 3.63) is 24.3 Å². The van der Waals surface area contributed by atoms with Gasteiger partial charge in [-0.15, -0.1) is 0 Å². The molecule has 4 nitrogen and oxygen atoms in total. The van der Waals surface area contributed by atoms with E-state index in [9.17, 15) is 4.79 Å². The van der Waals surface area contributed by atoms with E-state index in [1.165, 1.54) is 19.3 Å². The number of unbranched alkanes of at least 4 members (excludes halogenated alkanes) is 4. The van der Waals surface area contributed by atoms with Crippen LogP contribution in [0.25, 0.3) is 0 Å². The molecule has 0 radical (unpaired) electrons. The van der Waals surface area contributed by atoms with E-state index < -0.39 is 6.09 Å². The Kier molecular flexibility index (Phi) is 8.27. The van der Waals surface area contributed by atoms with Crippen LogP contribution in [0, 0.1) is 0 Å². The fraction of sp³-hybridized carbons (Fsp3) is 0.562. The number of hydrogen-bond acceptors (Lipinski definition) is 3. The van der Waals surface area contributed by atoms with E-state index >= 15 is 0 Å². The van der Waals surface area contributed by atoms with Gasteiger partial charge in [-0.3, -0.25) is 5.32 Å². The van der Waals surface area contributed by atoms with Crippen molar-refractivity contribution in [2.24, 2.45) is 0 Å². The largest absolute Gasteiger partial charge is 0.494 e. The molecule has 0 unspecified atom stereocenters. The lowest BCUT2D eigenvalue weighted by atomic mass is 10.2. The zero-order valence-electron chi connectivity index (χ0n) is 12.5. The van der Waals surface area contributed by atoms with Crippen molar-refractivity contribution in [2.45, 2.75) is 46.0 Å². The average Bonchev–Trinajstić information content (AvgIpc) is 2.45. The van der Waals surface area contributed by atoms with Gasteiger partial charge in [-0.25, -0.2) is 4.79 Å². The Bertz CT molecular complexity index is 376. The van der Waals surface area contributed by atoms with Crippen LogP contribution in [0.15, 0.2) is 24.3 Å². The average molecular weight is 279 g/mol. The fourth-order valence-corrected chi connectivity index (χ4v) is 1.83. The van der Waals surface area contributed by atoms with Crippen LogP contribution in [0.5, 0.6) is 5.75 Å². The van der Waals surface area contributed by atoms with Gasteiger partial charge in [0.15, 0.2) is 0 Å². The Hall–Kier alpha value is -1.71. The van der Waals surface area contributed by atoms with Gasteiger partial charge >= 0.3 is 6.09 Å². The number of rotatable bonds is 9. The van der Waals surface area contributed by atoms with Crippen molar-refractivity contribution >= 4 is 11.8 Å². The molecule has 0 bridgehead atoms. The van der Waals surface area contributed by atoms with Crippen molar-refractivity contribution in [3.63, 3.8) is 0 Å². The Morgan fingerprint density at radius 3 is 2.40 bits per heavy atom. The monoisotopic (exact) mass is 279 g/mol. The van der Waals surface area contributed by atoms with Crippen LogP contribution >= 0.6 is 0 Å². The maximum absolute atomic E-state index is 11.5. The van der Waals surface area contributed by atoms with Crippen LogP contribution in [-0.2, 0) is 4.74 Å². The Labute approximate surface area is 121 Å². The summed E-state index contributed by atoms with van der Waals surface area (Å²) in [6, 6.07) is 7.24. The van der Waals surface area contributed by atoms with Crippen molar-refractivity contribution < 1.29 is 14.3 Å². The van der Waals surface area contributed by atoms with Gasteiger partial charge in [0.25, 0.3) is 0 Å². The first-order valence-electron chi connectivity index (χ1n) is 7.43. The molecule has 1 aromatic rings. The van der Waals surface area contributed by atoms with E-state index in [-0.39, 0.29) is 0 Å². The Morgan fingerprint density at radius 1 is 1.05 bits per heavy atom. The van der Waals surface area contributed by atoms with E-state index in [4.69, 9.17) is 9.47 Å². The SMILES string of the molecule is CCCCCCCOC(=O)Nc1ccc(OCC)cc1. The molecule has 1 amide bonds. The van der Waals surface area contributed by atoms with Crippen molar-refractivity contribution in [3.8, 4) is 5.75 Å². The lowest BCUT2D eigenvalue weighted by molar-refractivity contribution is 0.159. The minimum absolute atomic E-state index is 0.398. The smallest absolute Gasteiger partial charge is 0.411 e. The number of amides is 1. The number of benzene rings is 1. The summed E-state index contributed by atoms with van der Waals surface area (Å²) in [5.41, 5.74) is 0.712. The molecule has 0 aliphatic rings. The highest BCUT2D eigenvalue weighted by Gasteiger charge is 2.03. The van der Waals surface area contributed by atoms with Crippen molar-refractivity contribution in [2.75, 3.05) is 18.5 Å². The number of carbonyl (C=O) groups is 1. The molecule has 0 aliphatic heterocycles. The molecule has 1 aromatic carbocycles. The van der Waals surface area contributed by atoms with E-state index in [0.29, 0.717) is 18.9 Å². The van der Waals surface area contributed by atoms with Gasteiger partial charge < -0.3 is 9.47 Å². The van der Waals surface area contributed by atoms with E-state index in [0.717, 1.165) is 18.6 Å². The minimum atomic E-state index is -0.398. The van der Waals surface area contributed by atoms with Crippen LogP contribution in [0.3, 0.4) is 0 Å². The van der Waals surface area contributed by atoms with Crippen LogP contribution < -0.4 is 10.1 Å². The second kappa shape index (κ2) is 10.1. The molecule has 0 saturated carbocycles. The molecule has 0 aromatic heterocycles. The first kappa shape index (κ1) is 16.3. The van der Waals surface area contributed by atoms with E-state index in [2.05, 4.69) is 12.2 Å². The molecular formula is C16H25NO3. The van der Waals surface area contributed by atoms with Crippen LogP contribution in [0.1, 0.15) is 46.0 Å². The zero-order chi connectivity index (χ0) is 14.6. The number of carbonyl (C=O) groups excluding carboxylic acids is 1. The molecule has 20 heavy (non-hydrogen) atoms. The predicted molar refractivity (Wildman–Crippen MR) is 81.3 cm³/mol. The highest BCUT2D eigenvalue weighted by Crippen LogP contribution is 2.15. The number of ether oxygens (including phenoxy) is 2. The summed E-state index contributed by atoms with van der Waals surface area (Å²) in [4.78, 5) is 11.5. The summed E-state index contributed by atoms with van der Waals surface area (Å²) in [6.45, 7) is 5.23. The topological polar surface area (TPSA) is 47.6 Å². The van der Waals surface area contributed by atoms with Crippen LogP contribution in [0.4, 0.5) is 10.5 Å². The maximum Gasteiger partial charge on any atom is 0.411 e. The van der Waals surface area contributed by atoms with Crippen LogP contribution in [-0.4, -0.2) is 19.3 Å². The van der Waals surface area contributed by atoms with Gasteiger partial charge in [-0.05, 0) is 37.6 Å². The third-order valence-corrected chi connectivity index (χ3v) is 2.89. The molecule has 0 heterocycles. The van der Waals surface area contributed by atoms with E-state index in [1.54, 1.807) is 12.1 Å². The van der Waals surface area contributed by atoms with Gasteiger partial charge in [0, 0.05) is 5.69 Å². The molecule has 0 aliphatic carbocycles. The molecule has 1 rings (SSSR count). The summed E-state index contributed by atoms with van der Waals surface area (Å²) >= 11 is 0. The lowest BCUT2D eigenvalue weighted by Gasteiger charge is -2.08. The maximum atomic E-state index is 11.5. The predicted octanol–water partition coefficient (Wildman–Crippen LogP) is 4.60. The molecule has 1 N–H and O–H groups in total. The second-order valence-electron chi connectivity index (χ2n) is 4.63. The summed E-state index contributed by atoms with van der Waals surface area (Å²) < 4.78 is 10.5. The summed E-state index contributed by atoms with van der Waals surface area (Å²) in [6.07, 6.45) is 5.32. The Morgan fingerprint density at radius 2 is 1.75 bits per heavy atom. The summed E-state index contributed by atoms with van der Waals surface area (Å²) in [5, 5.41) is 2.70. The molecule has 0 fully saturated rings.